The van der Waals surface area contributed by atoms with Gasteiger partial charge in [-0.15, -0.1) is 11.3 Å². The largest absolute Gasteiger partial charge is 0.309 e. The second-order valence-electron chi connectivity index (χ2n) is 22.1. The quantitative estimate of drug-likeness (QED) is 0.154. The van der Waals surface area contributed by atoms with Gasteiger partial charge in [-0.1, -0.05) is 237 Å². The molecule has 0 spiro atoms. The van der Waals surface area contributed by atoms with Crippen molar-refractivity contribution < 1.29 is 0 Å². The van der Waals surface area contributed by atoms with Crippen LogP contribution in [0.15, 0.2) is 212 Å². The van der Waals surface area contributed by atoms with Gasteiger partial charge in [-0.25, -0.2) is 0 Å². The van der Waals surface area contributed by atoms with Crippen molar-refractivity contribution >= 4 is 59.3 Å². The molecule has 12 rings (SSSR count). The van der Waals surface area contributed by atoms with E-state index in [1.165, 1.54) is 109 Å². The first-order valence-corrected chi connectivity index (χ1v) is 26.0. The summed E-state index contributed by atoms with van der Waals surface area (Å²) >= 11 is 1.88. The third-order valence-corrected chi connectivity index (χ3v) is 16.4. The lowest BCUT2D eigenvalue weighted by atomic mass is 9.78. The Morgan fingerprint density at radius 3 is 1.59 bits per heavy atom. The van der Waals surface area contributed by atoms with Gasteiger partial charge in [0.2, 0.25) is 0 Å². The first-order chi connectivity index (χ1) is 34.3. The fourth-order valence-electron chi connectivity index (χ4n) is 11.4. The standard InChI is InChI=1S/C69H59NS/c1-67(2,3)47-41-46(42-48(43-47)68(4,5)6)50-27-17-21-45-22-18-29-55(64(45)50)52-23-10-14-34-61(52)70(49-39-37-44(38-40-49)51-28-19-31-57-54-25-12-16-36-63(54)71-66(51)57)62-35-15-11-24-53(62)56-30-20-33-60-65(56)58-26-9-13-32-59(58)69(60,7)8/h9-43H,1-8H3. The third kappa shape index (κ3) is 7.51. The molecule has 0 saturated heterocycles. The van der Waals surface area contributed by atoms with Crippen molar-refractivity contribution in [1.82, 2.24) is 0 Å². The Balaban J connectivity index is 1.10. The van der Waals surface area contributed by atoms with Crippen LogP contribution >= 0.6 is 11.3 Å². The summed E-state index contributed by atoms with van der Waals surface area (Å²) in [4.78, 5) is 2.53. The number of fused-ring (bicyclic) bond motifs is 7. The summed E-state index contributed by atoms with van der Waals surface area (Å²) in [5, 5.41) is 5.11. The number of nitrogens with zero attached hydrogens (tertiary/aromatic N) is 1. The fourth-order valence-corrected chi connectivity index (χ4v) is 12.6. The molecule has 2 heteroatoms. The molecule has 0 N–H and O–H groups in total. The number of rotatable bonds is 7. The molecule has 0 amide bonds. The van der Waals surface area contributed by atoms with E-state index in [-0.39, 0.29) is 16.2 Å². The van der Waals surface area contributed by atoms with E-state index in [9.17, 15) is 0 Å². The van der Waals surface area contributed by atoms with Crippen molar-refractivity contribution in [3.8, 4) is 55.6 Å². The molecule has 1 heterocycles. The van der Waals surface area contributed by atoms with E-state index in [4.69, 9.17) is 0 Å². The fraction of sp³-hybridized carbons (Fsp3) is 0.159. The number of benzene rings is 10. The van der Waals surface area contributed by atoms with Crippen molar-refractivity contribution in [2.75, 3.05) is 4.90 Å². The SMILES string of the molecule is CC(C)(C)c1cc(-c2cccc3cccc(-c4ccccc4N(c4ccc(-c5cccc6c5sc5ccccc56)cc4)c4ccccc4-c4cccc5c4-c4ccccc4C5(C)C)c23)cc(C(C)(C)C)c1. The van der Waals surface area contributed by atoms with Gasteiger partial charge >= 0.3 is 0 Å². The van der Waals surface area contributed by atoms with E-state index in [2.05, 4.69) is 273 Å². The zero-order chi connectivity index (χ0) is 48.8. The van der Waals surface area contributed by atoms with Gasteiger partial charge in [0.05, 0.1) is 11.4 Å². The Labute approximate surface area is 423 Å². The lowest BCUT2D eigenvalue weighted by molar-refractivity contribution is 0.569. The van der Waals surface area contributed by atoms with Crippen molar-refractivity contribution in [2.24, 2.45) is 0 Å². The van der Waals surface area contributed by atoms with Gasteiger partial charge in [0, 0.05) is 42.4 Å². The summed E-state index contributed by atoms with van der Waals surface area (Å²) in [6.07, 6.45) is 0. The van der Waals surface area contributed by atoms with Gasteiger partial charge in [0.15, 0.2) is 0 Å². The van der Waals surface area contributed by atoms with Crippen LogP contribution in [-0.4, -0.2) is 0 Å². The molecule has 1 aromatic heterocycles. The lowest BCUT2D eigenvalue weighted by Gasteiger charge is -2.31. The molecule has 0 radical (unpaired) electrons. The highest BCUT2D eigenvalue weighted by Crippen LogP contribution is 2.55. The summed E-state index contributed by atoms with van der Waals surface area (Å²) in [6.45, 7) is 18.7. The Kier molecular flexibility index (Phi) is 10.6. The summed E-state index contributed by atoms with van der Waals surface area (Å²) in [7, 11) is 0. The van der Waals surface area contributed by atoms with Crippen LogP contribution in [0.4, 0.5) is 17.1 Å². The third-order valence-electron chi connectivity index (χ3n) is 15.2. The minimum atomic E-state index is -0.123. The van der Waals surface area contributed by atoms with Gasteiger partial charge in [0.25, 0.3) is 0 Å². The van der Waals surface area contributed by atoms with Gasteiger partial charge < -0.3 is 4.90 Å². The maximum Gasteiger partial charge on any atom is 0.0540 e. The molecule has 0 fully saturated rings. The van der Waals surface area contributed by atoms with Gasteiger partial charge in [-0.05, 0) is 119 Å². The van der Waals surface area contributed by atoms with Gasteiger partial charge in [-0.3, -0.25) is 0 Å². The Bertz CT molecular complexity index is 3830. The number of hydrogen-bond acceptors (Lipinski definition) is 2. The van der Waals surface area contributed by atoms with Crippen LogP contribution in [0.2, 0.25) is 0 Å². The average molecular weight is 934 g/mol. The van der Waals surface area contributed by atoms with E-state index in [1.54, 1.807) is 0 Å². The van der Waals surface area contributed by atoms with Crippen LogP contribution in [-0.2, 0) is 16.2 Å². The van der Waals surface area contributed by atoms with Crippen LogP contribution in [0.5, 0.6) is 0 Å². The van der Waals surface area contributed by atoms with E-state index in [0.717, 1.165) is 17.1 Å². The zero-order valence-corrected chi connectivity index (χ0v) is 42.9. The number of thiophene rings is 1. The molecule has 11 aromatic rings. The topological polar surface area (TPSA) is 3.24 Å². The summed E-state index contributed by atoms with van der Waals surface area (Å²) < 4.78 is 2.64. The van der Waals surface area contributed by atoms with Crippen LogP contribution in [0.1, 0.15) is 77.6 Å². The number of hydrogen-bond donors (Lipinski definition) is 0. The summed E-state index contributed by atoms with van der Waals surface area (Å²) in [6, 6.07) is 80.0. The van der Waals surface area contributed by atoms with Crippen molar-refractivity contribution in [1.29, 1.82) is 0 Å². The molecular formula is C69H59NS. The molecule has 0 saturated carbocycles. The number of para-hydroxylation sites is 2. The van der Waals surface area contributed by atoms with Crippen LogP contribution in [0.3, 0.4) is 0 Å². The normalized spacial score (nSPS) is 13.2. The van der Waals surface area contributed by atoms with Crippen molar-refractivity contribution in [3.05, 3.63) is 235 Å². The molecule has 0 aliphatic heterocycles. The smallest absolute Gasteiger partial charge is 0.0540 e. The van der Waals surface area contributed by atoms with E-state index < -0.39 is 0 Å². The molecule has 1 nitrogen and oxygen atoms in total. The average Bonchev–Trinajstić information content (AvgIpc) is 3.88. The van der Waals surface area contributed by atoms with E-state index in [0.29, 0.717) is 0 Å². The highest BCUT2D eigenvalue weighted by molar-refractivity contribution is 7.26. The molecular weight excluding hydrogens is 875 g/mol. The lowest BCUT2D eigenvalue weighted by Crippen LogP contribution is -2.16. The Morgan fingerprint density at radius 2 is 0.901 bits per heavy atom. The minimum Gasteiger partial charge on any atom is -0.309 e. The molecule has 0 unspecified atom stereocenters. The summed E-state index contributed by atoms with van der Waals surface area (Å²) in [5.74, 6) is 0. The molecule has 10 aromatic carbocycles. The van der Waals surface area contributed by atoms with Crippen molar-refractivity contribution in [3.63, 3.8) is 0 Å². The summed E-state index contributed by atoms with van der Waals surface area (Å²) in [5.41, 5.74) is 21.1. The maximum absolute atomic E-state index is 2.53. The minimum absolute atomic E-state index is 0.0133. The second-order valence-corrected chi connectivity index (χ2v) is 23.2. The van der Waals surface area contributed by atoms with Gasteiger partial charge in [-0.2, -0.15) is 0 Å². The molecule has 1 aliphatic rings. The molecule has 0 atom stereocenters. The molecule has 0 bridgehead atoms. The van der Waals surface area contributed by atoms with E-state index in [1.807, 2.05) is 11.3 Å². The number of anilines is 3. The van der Waals surface area contributed by atoms with Crippen LogP contribution in [0, 0.1) is 0 Å². The first-order valence-electron chi connectivity index (χ1n) is 25.2. The predicted octanol–water partition coefficient (Wildman–Crippen LogP) is 20.2. The Hall–Kier alpha value is -7.52. The Morgan fingerprint density at radius 1 is 0.394 bits per heavy atom. The molecule has 71 heavy (non-hydrogen) atoms. The molecule has 1 aliphatic carbocycles. The highest BCUT2D eigenvalue weighted by Gasteiger charge is 2.37. The van der Waals surface area contributed by atoms with Crippen LogP contribution in [0.25, 0.3) is 86.6 Å². The van der Waals surface area contributed by atoms with Crippen LogP contribution < -0.4 is 4.90 Å². The predicted molar refractivity (Wildman–Crippen MR) is 308 cm³/mol. The second kappa shape index (κ2) is 16.8. The van der Waals surface area contributed by atoms with Crippen molar-refractivity contribution in [2.45, 2.75) is 71.6 Å². The van der Waals surface area contributed by atoms with E-state index >= 15 is 0 Å². The monoisotopic (exact) mass is 933 g/mol. The highest BCUT2D eigenvalue weighted by atomic mass is 32.1. The molecule has 346 valence electrons. The maximum atomic E-state index is 2.53. The zero-order valence-electron chi connectivity index (χ0n) is 42.1. The first kappa shape index (κ1) is 44.7. The van der Waals surface area contributed by atoms with Gasteiger partial charge in [0.1, 0.15) is 0 Å².